The fourth-order valence-electron chi connectivity index (χ4n) is 4.33. The van der Waals surface area contributed by atoms with E-state index in [4.69, 9.17) is 9.84 Å². The molecule has 5 nitrogen and oxygen atoms in total. The van der Waals surface area contributed by atoms with E-state index in [9.17, 15) is 8.78 Å². The standard InChI is InChI=1S/C27H26F2N4O/c1-32(23-16-20(28)15-21(29)17-23)18-19-8-11-26-24(14-19)25(10-9-22-6-2-4-12-30-22)31-33(26)27-7-3-5-13-34-27/h2,4,6,8-12,14-17,27H,3,5,7,13,18H2,1H3/b10-9+. The largest absolute Gasteiger partial charge is 0.370 e. The first kappa shape index (κ1) is 22.2. The Hall–Kier alpha value is -3.58. The van der Waals surface area contributed by atoms with Crippen molar-refractivity contribution in [1.82, 2.24) is 14.8 Å². The maximum Gasteiger partial charge on any atom is 0.150 e. The molecule has 174 valence electrons. The number of halogens is 2. The van der Waals surface area contributed by atoms with E-state index >= 15 is 0 Å². The van der Waals surface area contributed by atoms with E-state index in [1.807, 2.05) is 59.1 Å². The van der Waals surface area contributed by atoms with Crippen molar-refractivity contribution in [2.45, 2.75) is 32.0 Å². The summed E-state index contributed by atoms with van der Waals surface area (Å²) in [7, 11) is 1.82. The first-order valence-electron chi connectivity index (χ1n) is 11.5. The van der Waals surface area contributed by atoms with Gasteiger partial charge in [0.15, 0.2) is 6.23 Å². The number of aromatic nitrogens is 3. The molecule has 0 radical (unpaired) electrons. The van der Waals surface area contributed by atoms with Gasteiger partial charge in [-0.05, 0) is 73.4 Å². The molecule has 0 saturated carbocycles. The van der Waals surface area contributed by atoms with Crippen molar-refractivity contribution in [3.05, 3.63) is 89.4 Å². The van der Waals surface area contributed by atoms with Crippen molar-refractivity contribution < 1.29 is 13.5 Å². The average molecular weight is 461 g/mol. The molecule has 5 rings (SSSR count). The number of fused-ring (bicyclic) bond motifs is 1. The van der Waals surface area contributed by atoms with Crippen molar-refractivity contribution in [1.29, 1.82) is 0 Å². The first-order chi connectivity index (χ1) is 16.6. The van der Waals surface area contributed by atoms with E-state index in [0.29, 0.717) is 12.2 Å². The van der Waals surface area contributed by atoms with E-state index in [1.54, 1.807) is 6.20 Å². The number of rotatable bonds is 6. The summed E-state index contributed by atoms with van der Waals surface area (Å²) in [5.41, 5.74) is 4.17. The lowest BCUT2D eigenvalue weighted by atomic mass is 10.1. The van der Waals surface area contributed by atoms with Gasteiger partial charge in [0.25, 0.3) is 0 Å². The fourth-order valence-corrected chi connectivity index (χ4v) is 4.33. The summed E-state index contributed by atoms with van der Waals surface area (Å²) in [4.78, 5) is 6.19. The molecule has 0 N–H and O–H groups in total. The highest BCUT2D eigenvalue weighted by molar-refractivity contribution is 5.90. The minimum absolute atomic E-state index is 0.0861. The van der Waals surface area contributed by atoms with Crippen LogP contribution in [0.1, 0.15) is 42.4 Å². The van der Waals surface area contributed by atoms with Crippen LogP contribution in [0.25, 0.3) is 23.1 Å². The molecule has 2 aromatic heterocycles. The van der Waals surface area contributed by atoms with Crippen molar-refractivity contribution >= 4 is 28.7 Å². The van der Waals surface area contributed by atoms with Gasteiger partial charge in [-0.3, -0.25) is 4.98 Å². The Labute approximate surface area is 197 Å². The molecule has 2 aromatic carbocycles. The van der Waals surface area contributed by atoms with Crippen LogP contribution >= 0.6 is 0 Å². The SMILES string of the molecule is CN(Cc1ccc2c(c1)c(/C=C/c1ccccn1)nn2C1CCCCO1)c1cc(F)cc(F)c1. The molecule has 1 aliphatic rings. The number of hydrogen-bond donors (Lipinski definition) is 0. The van der Waals surface area contributed by atoms with E-state index in [2.05, 4.69) is 11.1 Å². The normalized spacial score (nSPS) is 16.4. The Kier molecular flexibility index (Phi) is 6.36. The van der Waals surface area contributed by atoms with E-state index in [1.165, 1.54) is 12.1 Å². The second-order valence-electron chi connectivity index (χ2n) is 8.57. The van der Waals surface area contributed by atoms with Gasteiger partial charge < -0.3 is 9.64 Å². The lowest BCUT2D eigenvalue weighted by Gasteiger charge is -2.23. The minimum atomic E-state index is -0.590. The Balaban J connectivity index is 1.50. The summed E-state index contributed by atoms with van der Waals surface area (Å²) in [6.45, 7) is 1.23. The predicted molar refractivity (Wildman–Crippen MR) is 130 cm³/mol. The molecule has 1 fully saturated rings. The number of anilines is 1. The number of benzene rings is 2. The van der Waals surface area contributed by atoms with Gasteiger partial charge >= 0.3 is 0 Å². The van der Waals surface area contributed by atoms with E-state index in [0.717, 1.165) is 59.8 Å². The molecule has 1 saturated heterocycles. The molecular formula is C27H26F2N4O. The van der Waals surface area contributed by atoms with Crippen LogP contribution in [0.15, 0.2) is 60.8 Å². The van der Waals surface area contributed by atoms with Gasteiger partial charge in [0.2, 0.25) is 0 Å². The molecule has 0 spiro atoms. The van der Waals surface area contributed by atoms with E-state index < -0.39 is 11.6 Å². The fraction of sp³-hybridized carbons (Fsp3) is 0.259. The molecular weight excluding hydrogens is 434 g/mol. The highest BCUT2D eigenvalue weighted by atomic mass is 19.1. The van der Waals surface area contributed by atoms with Gasteiger partial charge in [-0.15, -0.1) is 0 Å². The number of ether oxygens (including phenoxy) is 1. The lowest BCUT2D eigenvalue weighted by Crippen LogP contribution is -2.19. The molecule has 3 heterocycles. The molecule has 0 bridgehead atoms. The highest BCUT2D eigenvalue weighted by Crippen LogP contribution is 2.30. The van der Waals surface area contributed by atoms with Gasteiger partial charge in [-0.25, -0.2) is 13.5 Å². The smallest absolute Gasteiger partial charge is 0.150 e. The molecule has 7 heteroatoms. The molecule has 0 aliphatic carbocycles. The second kappa shape index (κ2) is 9.73. The molecule has 0 amide bonds. The zero-order chi connectivity index (χ0) is 23.5. The van der Waals surface area contributed by atoms with E-state index in [-0.39, 0.29) is 6.23 Å². The third-order valence-corrected chi connectivity index (χ3v) is 6.04. The molecule has 4 aromatic rings. The predicted octanol–water partition coefficient (Wildman–Crippen LogP) is 6.22. The van der Waals surface area contributed by atoms with Gasteiger partial charge in [-0.1, -0.05) is 12.1 Å². The van der Waals surface area contributed by atoms with Crippen LogP contribution in [0.3, 0.4) is 0 Å². The third-order valence-electron chi connectivity index (χ3n) is 6.04. The Morgan fingerprint density at radius 3 is 2.65 bits per heavy atom. The zero-order valence-corrected chi connectivity index (χ0v) is 19.0. The number of pyridine rings is 1. The number of hydrogen-bond acceptors (Lipinski definition) is 4. The van der Waals surface area contributed by atoms with Gasteiger partial charge in [0.1, 0.15) is 11.6 Å². The van der Waals surface area contributed by atoms with Crippen molar-refractivity contribution in [2.24, 2.45) is 0 Å². The van der Waals surface area contributed by atoms with Crippen LogP contribution < -0.4 is 4.90 Å². The summed E-state index contributed by atoms with van der Waals surface area (Å²) in [5, 5.41) is 5.89. The highest BCUT2D eigenvalue weighted by Gasteiger charge is 2.21. The Morgan fingerprint density at radius 1 is 1.06 bits per heavy atom. The molecule has 1 aliphatic heterocycles. The maximum absolute atomic E-state index is 13.7. The summed E-state index contributed by atoms with van der Waals surface area (Å²) in [6.07, 6.45) is 8.70. The topological polar surface area (TPSA) is 43.2 Å². The van der Waals surface area contributed by atoms with Crippen LogP contribution in [0, 0.1) is 11.6 Å². The van der Waals surface area contributed by atoms with Gasteiger partial charge in [0.05, 0.1) is 16.9 Å². The molecule has 1 unspecified atom stereocenters. The zero-order valence-electron chi connectivity index (χ0n) is 19.0. The van der Waals surface area contributed by atoms with Gasteiger partial charge in [-0.2, -0.15) is 5.10 Å². The van der Waals surface area contributed by atoms with Crippen LogP contribution in [-0.2, 0) is 11.3 Å². The second-order valence-corrected chi connectivity index (χ2v) is 8.57. The molecule has 1 atom stereocenters. The summed E-state index contributed by atoms with van der Waals surface area (Å²) < 4.78 is 35.4. The molecule has 34 heavy (non-hydrogen) atoms. The summed E-state index contributed by atoms with van der Waals surface area (Å²) in [5.74, 6) is -1.18. The van der Waals surface area contributed by atoms with Crippen LogP contribution in [-0.4, -0.2) is 28.4 Å². The summed E-state index contributed by atoms with van der Waals surface area (Å²) in [6, 6.07) is 15.5. The summed E-state index contributed by atoms with van der Waals surface area (Å²) >= 11 is 0. The Bertz CT molecular complexity index is 1290. The van der Waals surface area contributed by atoms with Crippen molar-refractivity contribution in [3.63, 3.8) is 0 Å². The van der Waals surface area contributed by atoms with Crippen LogP contribution in [0.4, 0.5) is 14.5 Å². The number of nitrogens with zero attached hydrogens (tertiary/aromatic N) is 4. The monoisotopic (exact) mass is 460 g/mol. The average Bonchev–Trinajstić information content (AvgIpc) is 3.21. The minimum Gasteiger partial charge on any atom is -0.370 e. The third kappa shape index (κ3) is 4.84. The van der Waals surface area contributed by atoms with Crippen LogP contribution in [0.5, 0.6) is 0 Å². The van der Waals surface area contributed by atoms with Gasteiger partial charge in [0, 0.05) is 43.5 Å². The lowest BCUT2D eigenvalue weighted by molar-refractivity contribution is -0.0367. The Morgan fingerprint density at radius 2 is 1.91 bits per heavy atom. The van der Waals surface area contributed by atoms with Crippen molar-refractivity contribution in [3.8, 4) is 0 Å². The quantitative estimate of drug-likeness (QED) is 0.343. The maximum atomic E-state index is 13.7. The van der Waals surface area contributed by atoms with Crippen molar-refractivity contribution in [2.75, 3.05) is 18.6 Å². The first-order valence-corrected chi connectivity index (χ1v) is 11.5. The van der Waals surface area contributed by atoms with Crippen LogP contribution in [0.2, 0.25) is 0 Å².